The molecule has 5 heteroatoms. The Morgan fingerprint density at radius 2 is 2.12 bits per heavy atom. The largest absolute Gasteiger partial charge is 0.493 e. The summed E-state index contributed by atoms with van der Waals surface area (Å²) in [7, 11) is 0. The van der Waals surface area contributed by atoms with Crippen LogP contribution in [0.4, 0.5) is 5.69 Å². The predicted molar refractivity (Wildman–Crippen MR) is 97.6 cm³/mol. The van der Waals surface area contributed by atoms with E-state index >= 15 is 0 Å². The molecular weight excluding hydrogens is 320 g/mol. The van der Waals surface area contributed by atoms with E-state index in [9.17, 15) is 4.79 Å². The van der Waals surface area contributed by atoms with E-state index in [2.05, 4.69) is 16.4 Å². The maximum Gasteiger partial charge on any atom is 0.264 e. The number of amides is 1. The van der Waals surface area contributed by atoms with Gasteiger partial charge in [-0.15, -0.1) is 0 Å². The van der Waals surface area contributed by atoms with Crippen LogP contribution in [0.1, 0.15) is 16.7 Å². The minimum absolute atomic E-state index is 0.107. The highest BCUT2D eigenvalue weighted by molar-refractivity contribution is 8.18. The number of para-hydroxylation sites is 1. The molecule has 0 saturated carbocycles. The van der Waals surface area contributed by atoms with E-state index in [-0.39, 0.29) is 5.91 Å². The van der Waals surface area contributed by atoms with Gasteiger partial charge in [-0.2, -0.15) is 0 Å². The number of amidine groups is 1. The van der Waals surface area contributed by atoms with Crippen LogP contribution in [-0.4, -0.2) is 17.7 Å². The van der Waals surface area contributed by atoms with E-state index in [4.69, 9.17) is 4.74 Å². The van der Waals surface area contributed by atoms with Crippen molar-refractivity contribution >= 4 is 34.6 Å². The minimum Gasteiger partial charge on any atom is -0.493 e. The molecule has 0 spiro atoms. The van der Waals surface area contributed by atoms with Gasteiger partial charge in [-0.3, -0.25) is 4.79 Å². The van der Waals surface area contributed by atoms with Gasteiger partial charge in [0.2, 0.25) is 0 Å². The fraction of sp³-hybridized carbons (Fsp3) is 0.158. The first-order chi connectivity index (χ1) is 11.7. The van der Waals surface area contributed by atoms with Crippen LogP contribution in [-0.2, 0) is 11.2 Å². The Kier molecular flexibility index (Phi) is 3.86. The number of nitrogens with zero attached hydrogens (tertiary/aromatic N) is 1. The molecule has 2 aromatic carbocycles. The van der Waals surface area contributed by atoms with Crippen LogP contribution in [0.15, 0.2) is 52.4 Å². The van der Waals surface area contributed by atoms with Crippen molar-refractivity contribution in [1.82, 2.24) is 5.32 Å². The van der Waals surface area contributed by atoms with E-state index in [1.165, 1.54) is 17.3 Å². The maximum atomic E-state index is 12.2. The molecule has 4 rings (SSSR count). The number of thioether (sulfide) groups is 1. The number of fused-ring (bicyclic) bond motifs is 1. The van der Waals surface area contributed by atoms with Gasteiger partial charge >= 0.3 is 0 Å². The van der Waals surface area contributed by atoms with E-state index in [1.807, 2.05) is 49.4 Å². The molecular formula is C19H16N2O2S. The smallest absolute Gasteiger partial charge is 0.264 e. The lowest BCUT2D eigenvalue weighted by Crippen LogP contribution is -2.19. The summed E-state index contributed by atoms with van der Waals surface area (Å²) in [6, 6.07) is 13.9. The molecule has 2 aliphatic rings. The average molecular weight is 336 g/mol. The lowest BCUT2D eigenvalue weighted by atomic mass is 10.1. The van der Waals surface area contributed by atoms with Gasteiger partial charge in [0.05, 0.1) is 17.2 Å². The molecule has 24 heavy (non-hydrogen) atoms. The molecule has 4 nitrogen and oxygen atoms in total. The predicted octanol–water partition coefficient (Wildman–Crippen LogP) is 3.82. The Hall–Kier alpha value is -2.53. The third-order valence-electron chi connectivity index (χ3n) is 4.00. The molecule has 1 N–H and O–H groups in total. The van der Waals surface area contributed by atoms with Crippen LogP contribution >= 0.6 is 11.8 Å². The number of carbonyl (C=O) groups is 1. The lowest BCUT2D eigenvalue weighted by molar-refractivity contribution is -0.115. The first kappa shape index (κ1) is 15.0. The Morgan fingerprint density at radius 3 is 3.00 bits per heavy atom. The summed E-state index contributed by atoms with van der Waals surface area (Å²) in [5.74, 6) is 0.839. The number of nitrogens with one attached hydrogen (secondary N) is 1. The third-order valence-corrected chi connectivity index (χ3v) is 4.91. The number of hydrogen-bond donors (Lipinski definition) is 1. The number of ether oxygens (including phenoxy) is 1. The van der Waals surface area contributed by atoms with Gasteiger partial charge in [-0.25, -0.2) is 4.99 Å². The summed E-state index contributed by atoms with van der Waals surface area (Å²) in [4.78, 5) is 17.4. The summed E-state index contributed by atoms with van der Waals surface area (Å²) < 4.78 is 5.51. The number of hydrogen-bond acceptors (Lipinski definition) is 4. The zero-order chi connectivity index (χ0) is 16.5. The number of rotatable bonds is 2. The van der Waals surface area contributed by atoms with Crippen molar-refractivity contribution in [3.63, 3.8) is 0 Å². The van der Waals surface area contributed by atoms with Crippen LogP contribution in [0, 0.1) is 6.92 Å². The van der Waals surface area contributed by atoms with Crippen molar-refractivity contribution < 1.29 is 9.53 Å². The van der Waals surface area contributed by atoms with Gasteiger partial charge in [0.1, 0.15) is 5.75 Å². The molecule has 0 radical (unpaired) electrons. The molecule has 0 unspecified atom stereocenters. The fourth-order valence-corrected chi connectivity index (χ4v) is 3.56. The van der Waals surface area contributed by atoms with E-state index < -0.39 is 0 Å². The summed E-state index contributed by atoms with van der Waals surface area (Å²) >= 11 is 1.37. The second-order valence-electron chi connectivity index (χ2n) is 5.73. The average Bonchev–Trinajstić information content (AvgIpc) is 3.16. The lowest BCUT2D eigenvalue weighted by Gasteiger charge is -2.00. The van der Waals surface area contributed by atoms with Gasteiger partial charge in [0.15, 0.2) is 5.17 Å². The molecule has 2 aromatic rings. The van der Waals surface area contributed by atoms with Crippen LogP contribution < -0.4 is 10.1 Å². The molecule has 0 aromatic heterocycles. The molecule has 0 aliphatic carbocycles. The number of aryl methyl sites for hydroxylation is 1. The molecule has 0 bridgehead atoms. The normalized spacial score (nSPS) is 19.5. The molecule has 1 saturated heterocycles. The number of carbonyl (C=O) groups excluding carboxylic acids is 1. The summed E-state index contributed by atoms with van der Waals surface area (Å²) in [5.41, 5.74) is 4.16. The Balaban J connectivity index is 1.59. The highest BCUT2D eigenvalue weighted by Gasteiger charge is 2.24. The third kappa shape index (κ3) is 2.95. The van der Waals surface area contributed by atoms with E-state index in [1.54, 1.807) is 0 Å². The van der Waals surface area contributed by atoms with Crippen molar-refractivity contribution in [1.29, 1.82) is 0 Å². The first-order valence-electron chi connectivity index (χ1n) is 7.80. The topological polar surface area (TPSA) is 50.7 Å². The summed E-state index contributed by atoms with van der Waals surface area (Å²) in [6.07, 6.45) is 2.82. The molecule has 2 heterocycles. The quantitative estimate of drug-likeness (QED) is 0.848. The molecule has 2 aliphatic heterocycles. The van der Waals surface area contributed by atoms with E-state index in [0.717, 1.165) is 35.6 Å². The Bertz CT molecular complexity index is 887. The summed E-state index contributed by atoms with van der Waals surface area (Å²) in [6.45, 7) is 2.74. The Labute approximate surface area is 144 Å². The standard InChI is InChI=1S/C19H16N2O2S/c1-12-4-2-3-5-15(12)20-19-21-18(22)17(24-19)11-13-6-7-16-14(10-13)8-9-23-16/h2-7,10-11H,8-9H2,1H3,(H,20,21,22)/b17-11-. The van der Waals surface area contributed by atoms with Crippen molar-refractivity contribution in [2.24, 2.45) is 4.99 Å². The fourth-order valence-electron chi connectivity index (χ4n) is 2.73. The maximum absolute atomic E-state index is 12.2. The molecule has 120 valence electrons. The second-order valence-corrected chi connectivity index (χ2v) is 6.76. The Morgan fingerprint density at radius 1 is 1.25 bits per heavy atom. The zero-order valence-corrected chi connectivity index (χ0v) is 14.0. The van der Waals surface area contributed by atoms with Crippen LogP contribution in [0.25, 0.3) is 6.08 Å². The molecule has 1 fully saturated rings. The van der Waals surface area contributed by atoms with Crippen molar-refractivity contribution in [2.45, 2.75) is 13.3 Å². The number of aliphatic imine (C=N–C) groups is 1. The zero-order valence-electron chi connectivity index (χ0n) is 13.2. The van der Waals surface area contributed by atoms with Gasteiger partial charge in [-0.1, -0.05) is 24.3 Å². The monoisotopic (exact) mass is 336 g/mol. The second kappa shape index (κ2) is 6.17. The van der Waals surface area contributed by atoms with Crippen LogP contribution in [0.5, 0.6) is 5.75 Å². The molecule has 0 atom stereocenters. The highest BCUT2D eigenvalue weighted by Crippen LogP contribution is 2.31. The SMILES string of the molecule is Cc1ccccc1/N=C1/NC(=O)/C(=C/c2ccc3c(c2)CCO3)S1. The van der Waals surface area contributed by atoms with Crippen LogP contribution in [0.3, 0.4) is 0 Å². The number of benzene rings is 2. The first-order valence-corrected chi connectivity index (χ1v) is 8.62. The minimum atomic E-state index is -0.107. The van der Waals surface area contributed by atoms with Gasteiger partial charge < -0.3 is 10.1 Å². The van der Waals surface area contributed by atoms with Gasteiger partial charge in [0.25, 0.3) is 5.91 Å². The van der Waals surface area contributed by atoms with Crippen molar-refractivity contribution in [3.05, 3.63) is 64.1 Å². The van der Waals surface area contributed by atoms with Crippen molar-refractivity contribution in [2.75, 3.05) is 6.61 Å². The molecule has 1 amide bonds. The highest BCUT2D eigenvalue weighted by atomic mass is 32.2. The van der Waals surface area contributed by atoms with Gasteiger partial charge in [-0.05, 0) is 59.7 Å². The van der Waals surface area contributed by atoms with Crippen LogP contribution in [0.2, 0.25) is 0 Å². The van der Waals surface area contributed by atoms with Gasteiger partial charge in [0, 0.05) is 6.42 Å². The van der Waals surface area contributed by atoms with Crippen molar-refractivity contribution in [3.8, 4) is 5.75 Å². The van der Waals surface area contributed by atoms with E-state index in [0.29, 0.717) is 10.1 Å². The summed E-state index contributed by atoms with van der Waals surface area (Å²) in [5, 5.41) is 3.45.